The van der Waals surface area contributed by atoms with E-state index in [0.717, 1.165) is 16.7 Å². The highest BCUT2D eigenvalue weighted by molar-refractivity contribution is 7.46. The summed E-state index contributed by atoms with van der Waals surface area (Å²) >= 11 is 0. The van der Waals surface area contributed by atoms with Crippen LogP contribution in [0.3, 0.4) is 0 Å². The Morgan fingerprint density at radius 3 is 1.04 bits per heavy atom. The van der Waals surface area contributed by atoms with Crippen LogP contribution in [0.25, 0.3) is 0 Å². The lowest BCUT2D eigenvalue weighted by Gasteiger charge is -2.42. The highest BCUT2D eigenvalue weighted by atomic mass is 31.2. The number of ether oxygens (including phenoxy) is 6. The second-order valence-electron chi connectivity index (χ2n) is 25.8. The number of unbranched alkanes of at least 4 members (excludes halogenated alkanes) is 3. The Morgan fingerprint density at radius 1 is 0.475 bits per heavy atom. The lowest BCUT2D eigenvalue weighted by atomic mass is 9.97. The summed E-state index contributed by atoms with van der Waals surface area (Å²) in [6.45, 7) is 3.27. The number of aliphatic hydroxyl groups excluding tert-OH is 9. The molecule has 6 aliphatic heterocycles. The first kappa shape index (κ1) is 88.1. The first-order valence-corrected chi connectivity index (χ1v) is 37.9. The Kier molecular flexibility index (Phi) is 35.8. The van der Waals surface area contributed by atoms with E-state index in [2.05, 4.69) is 16.0 Å². The number of rotatable bonds is 39. The zero-order valence-corrected chi connectivity index (χ0v) is 59.9. The van der Waals surface area contributed by atoms with Crippen LogP contribution in [0, 0.1) is 0 Å². The minimum atomic E-state index is -5.46. The van der Waals surface area contributed by atoms with E-state index < -0.39 is 227 Å². The lowest BCUT2D eigenvalue weighted by molar-refractivity contribution is -0.270. The Labute approximate surface area is 583 Å². The van der Waals surface area contributed by atoms with E-state index in [1.54, 1.807) is 6.92 Å². The molecule has 6 amide bonds. The molecular formula is C58H102N6O34P3-3. The third kappa shape index (κ3) is 26.5. The van der Waals surface area contributed by atoms with Gasteiger partial charge in [-0.05, 0) is 78.1 Å². The average molecular weight is 1520 g/mol. The number of phosphoric ester groups is 3. The molecule has 0 aromatic rings. The molecule has 0 spiro atoms. The van der Waals surface area contributed by atoms with E-state index >= 15 is 0 Å². The van der Waals surface area contributed by atoms with Gasteiger partial charge in [0.25, 0.3) is 23.5 Å². The molecule has 6 heterocycles. The molecule has 586 valence electrons. The Hall–Kier alpha value is -3.49. The summed E-state index contributed by atoms with van der Waals surface area (Å²) in [5, 5.41) is 99.3. The molecule has 0 aromatic carbocycles. The summed E-state index contributed by atoms with van der Waals surface area (Å²) in [6, 6.07) is -6.46. The predicted molar refractivity (Wildman–Crippen MR) is 335 cm³/mol. The van der Waals surface area contributed by atoms with Crippen molar-refractivity contribution >= 4 is 58.9 Å². The number of carbonyl (C=O) groups excluding carboxylic acids is 6. The average Bonchev–Trinajstić information content (AvgIpc) is 1.81. The fraction of sp³-hybridized carbons (Fsp3) is 0.897. The highest BCUT2D eigenvalue weighted by Gasteiger charge is 2.49. The topological polar surface area (TPSA) is 593 Å². The Morgan fingerprint density at radius 2 is 0.762 bits per heavy atom. The van der Waals surface area contributed by atoms with Gasteiger partial charge in [-0.1, -0.05) is 6.92 Å². The number of hydrogen-bond acceptors (Lipinski definition) is 33. The molecular weight excluding hydrogens is 1420 g/mol. The van der Waals surface area contributed by atoms with Gasteiger partial charge >= 0.3 is 0 Å². The van der Waals surface area contributed by atoms with Gasteiger partial charge < -0.3 is 152 Å². The van der Waals surface area contributed by atoms with Gasteiger partial charge in [0.15, 0.2) is 18.9 Å². The van der Waals surface area contributed by atoms with Crippen LogP contribution in [0.2, 0.25) is 0 Å². The van der Waals surface area contributed by atoms with Crippen LogP contribution in [0.1, 0.15) is 125 Å². The lowest BCUT2D eigenvalue weighted by Crippen LogP contribution is -2.64. The number of phosphoric acid groups is 3. The maximum Gasteiger partial charge on any atom is 0.268 e. The number of likely N-dealkylation sites (tertiary alicyclic amines) is 3. The first-order valence-electron chi connectivity index (χ1n) is 33.5. The van der Waals surface area contributed by atoms with Gasteiger partial charge in [0.2, 0.25) is 35.4 Å². The molecule has 14 N–H and O–H groups in total. The van der Waals surface area contributed by atoms with Gasteiger partial charge in [-0.15, -0.1) is 0 Å². The maximum absolute atomic E-state index is 14.1. The van der Waals surface area contributed by atoms with Crippen LogP contribution < -0.4 is 30.6 Å². The number of hydrogen-bond donors (Lipinski definition) is 12. The number of aliphatic hydroxyl groups is 9. The largest absolute Gasteiger partial charge is 0.756 e. The van der Waals surface area contributed by atoms with Crippen molar-refractivity contribution in [1.29, 1.82) is 0 Å². The molecule has 0 radical (unpaired) electrons. The normalized spacial score (nSPS) is 34.0. The standard InChI is InChI=1S/C58H103N6O33P3.H2O/c1-7-35-20-38(23-62(35)44(71)14-8-11-17-86-56-47(59-32(4)68)53(77)50(74)41(26-65)91-56)95-98(80,81)89-29-36-21-39(24-63(36)45(72)15-9-12-18-87-57-48(60-33(5)69)54(78)51(75)42(27-66)92-57)96-99(82,83)90-30-37-22-40(97-100(84,85)94-31(2)3)25-64(37)46(73)16-10-13-19-88-58-49(61-34(6)70)55(79)52(76)43(28-67)93-58;/h31,35-43,47-58,65-67,74-79H,7-30H2,1-6H3,(H,59,68)(H,60,69)(H,61,70)(H,80,81)(H,82,83)(H,84,85);1H2/p-3/t35-,36+,37+,38-,39-,40-,41?,42?,43?,47?,48?,49?,50?,51?,52?,53?,54?,55?,56?,57?,58?;/m1./s1. The molecule has 6 fully saturated rings. The molecule has 6 rings (SSSR count). The van der Waals surface area contributed by atoms with E-state index in [4.69, 9.17) is 55.6 Å². The summed E-state index contributed by atoms with van der Waals surface area (Å²) in [6.07, 6.45) is -21.2. The molecule has 6 saturated heterocycles. The monoisotopic (exact) mass is 1520 g/mol. The molecule has 101 heavy (non-hydrogen) atoms. The van der Waals surface area contributed by atoms with Gasteiger partial charge in [0.05, 0.1) is 69.5 Å². The van der Waals surface area contributed by atoms with E-state index in [0.29, 0.717) is 6.42 Å². The summed E-state index contributed by atoms with van der Waals surface area (Å²) in [7, 11) is -15.7. The van der Waals surface area contributed by atoms with Crippen LogP contribution in [0.5, 0.6) is 0 Å². The molecule has 40 nitrogen and oxygen atoms in total. The Bertz CT molecular complexity index is 2790. The number of nitrogens with one attached hydrogen (secondary N) is 3. The van der Waals surface area contributed by atoms with Crippen LogP contribution in [-0.2, 0) is 98.0 Å². The number of carbonyl (C=O) groups is 6. The fourth-order valence-corrected chi connectivity index (χ4v) is 15.7. The van der Waals surface area contributed by atoms with Gasteiger partial charge in [0.1, 0.15) is 73.1 Å². The third-order valence-corrected chi connectivity index (χ3v) is 20.8. The molecule has 24 atom stereocenters. The van der Waals surface area contributed by atoms with Crippen molar-refractivity contribution in [2.45, 2.75) is 259 Å². The molecule has 0 saturated carbocycles. The van der Waals surface area contributed by atoms with Gasteiger partial charge in [0, 0.05) is 85.5 Å². The van der Waals surface area contributed by atoms with Crippen molar-refractivity contribution in [2.75, 3.05) is 72.5 Å². The molecule has 0 bridgehead atoms. The molecule has 0 aliphatic carbocycles. The van der Waals surface area contributed by atoms with Gasteiger partial charge in [-0.3, -0.25) is 42.5 Å². The van der Waals surface area contributed by atoms with Crippen molar-refractivity contribution in [2.24, 2.45) is 0 Å². The van der Waals surface area contributed by atoms with Gasteiger partial charge in [-0.2, -0.15) is 0 Å². The molecule has 43 heteroatoms. The summed E-state index contributed by atoms with van der Waals surface area (Å²) in [5.74, 6) is -3.29. The van der Waals surface area contributed by atoms with Crippen molar-refractivity contribution in [3.63, 3.8) is 0 Å². The SMILES string of the molecule is CC[C@@H]1C[C@@H](OP(=O)([O-])OC[C@@H]2C[C@@H](OP(=O)([O-])OC[C@@H]3C[C@@H](OP(=O)([O-])OC(C)C)CN3C(=O)CCCCOC3OC(CO)C(O)C(O)C3NC(C)=O)CN2C(=O)CCCCOC2OC(CO)C(O)C(O)C2NC(C)=O)CN1C(=O)CCCCOC1OC(CO)C(O)C(O)C1NC(C)=O.O. The molecule has 18 unspecified atom stereocenters. The smallest absolute Gasteiger partial charge is 0.268 e. The summed E-state index contributed by atoms with van der Waals surface area (Å²) in [4.78, 5) is 121. The van der Waals surface area contributed by atoms with Crippen LogP contribution in [0.15, 0.2) is 0 Å². The summed E-state index contributed by atoms with van der Waals surface area (Å²) in [5.41, 5.74) is 0. The number of amides is 6. The van der Waals surface area contributed by atoms with Crippen molar-refractivity contribution in [3.8, 4) is 0 Å². The van der Waals surface area contributed by atoms with Crippen LogP contribution in [-0.4, -0.2) is 309 Å². The van der Waals surface area contributed by atoms with E-state index in [9.17, 15) is 103 Å². The molecule has 0 aromatic heterocycles. The van der Waals surface area contributed by atoms with Gasteiger partial charge in [-0.25, -0.2) is 0 Å². The fourth-order valence-electron chi connectivity index (χ4n) is 12.7. The second-order valence-corrected chi connectivity index (χ2v) is 29.8. The second kappa shape index (κ2) is 41.0. The van der Waals surface area contributed by atoms with Crippen molar-refractivity contribution in [3.05, 3.63) is 0 Å². The first-order chi connectivity index (χ1) is 47.1. The molecule has 6 aliphatic rings. The van der Waals surface area contributed by atoms with Crippen molar-refractivity contribution in [1.82, 2.24) is 30.7 Å². The van der Waals surface area contributed by atoms with Crippen LogP contribution >= 0.6 is 23.5 Å². The van der Waals surface area contributed by atoms with Crippen LogP contribution in [0.4, 0.5) is 0 Å². The maximum atomic E-state index is 14.1. The summed E-state index contributed by atoms with van der Waals surface area (Å²) < 4.78 is 106. The zero-order valence-electron chi connectivity index (χ0n) is 57.2. The van der Waals surface area contributed by atoms with Crippen molar-refractivity contribution < 1.29 is 164 Å². The minimum absolute atomic E-state index is 0. The zero-order chi connectivity index (χ0) is 74.0. The highest BCUT2D eigenvalue weighted by Crippen LogP contribution is 2.48. The van der Waals surface area contributed by atoms with E-state index in [-0.39, 0.29) is 121 Å². The quantitative estimate of drug-likeness (QED) is 0.0201. The Balaban J connectivity index is 0.0000184. The van der Waals surface area contributed by atoms with E-state index in [1.807, 2.05) is 0 Å². The third-order valence-electron chi connectivity index (χ3n) is 17.5. The van der Waals surface area contributed by atoms with E-state index in [1.165, 1.54) is 32.6 Å². The number of nitrogens with zero attached hydrogens (tertiary/aromatic N) is 3. The predicted octanol–water partition coefficient (Wildman–Crippen LogP) is -6.21. The minimum Gasteiger partial charge on any atom is -0.756 e.